The van der Waals surface area contributed by atoms with Gasteiger partial charge in [0.05, 0.1) is 22.2 Å². The predicted octanol–water partition coefficient (Wildman–Crippen LogP) is 1.82. The van der Waals surface area contributed by atoms with Gasteiger partial charge in [-0.1, -0.05) is 30.4 Å². The van der Waals surface area contributed by atoms with E-state index in [1.165, 1.54) is 0 Å². The van der Waals surface area contributed by atoms with E-state index in [1.807, 2.05) is 30.5 Å². The largest absolute Gasteiger partial charge is 0.478 e. The summed E-state index contributed by atoms with van der Waals surface area (Å²) < 4.78 is 3.36. The van der Waals surface area contributed by atoms with E-state index in [0.717, 1.165) is 22.2 Å². The van der Waals surface area contributed by atoms with Crippen molar-refractivity contribution in [3.8, 4) is 0 Å². The summed E-state index contributed by atoms with van der Waals surface area (Å²) in [5, 5.41) is 14.6. The number of fused-ring (bicyclic) bond motifs is 4. The second kappa shape index (κ2) is 4.56. The summed E-state index contributed by atoms with van der Waals surface area (Å²) in [5.41, 5.74) is 3.24. The van der Waals surface area contributed by atoms with Gasteiger partial charge in [0.15, 0.2) is 0 Å². The summed E-state index contributed by atoms with van der Waals surface area (Å²) in [6.07, 6.45) is 13.6. The quantitative estimate of drug-likeness (QED) is 0.690. The van der Waals surface area contributed by atoms with Gasteiger partial charge in [0.2, 0.25) is 0 Å². The Balaban J connectivity index is 2.14. The molecule has 0 spiro atoms. The van der Waals surface area contributed by atoms with E-state index in [4.69, 9.17) is 0 Å². The molecule has 1 aromatic carbocycles. The summed E-state index contributed by atoms with van der Waals surface area (Å²) in [7, 11) is 0. The number of carboxylic acids is 1. The monoisotopic (exact) mass is 296 g/mol. The maximum Gasteiger partial charge on any atom is 0.336 e. The van der Waals surface area contributed by atoms with Gasteiger partial charge >= 0.3 is 5.97 Å². The first-order valence-electron chi connectivity index (χ1n) is 6.60. The highest BCUT2D eigenvalue weighted by Crippen LogP contribution is 2.33. The van der Waals surface area contributed by atoms with Crippen molar-refractivity contribution in [1.82, 2.24) is 0 Å². The second-order valence-corrected chi connectivity index (χ2v) is 5.90. The number of allylic oxidation sites excluding steroid dienone is 4. The number of carbonyl (C=O) groups is 1. The highest BCUT2D eigenvalue weighted by atomic mass is 32.2. The van der Waals surface area contributed by atoms with Crippen LogP contribution >= 0.6 is 11.9 Å². The minimum atomic E-state index is -0.909. The van der Waals surface area contributed by atoms with Crippen molar-refractivity contribution in [1.29, 1.82) is 0 Å². The Bertz CT molecular complexity index is 865. The van der Waals surface area contributed by atoms with Crippen LogP contribution < -0.4 is 20.5 Å². The molecular weight excluding hydrogens is 284 g/mol. The van der Waals surface area contributed by atoms with Crippen LogP contribution in [0.2, 0.25) is 0 Å². The van der Waals surface area contributed by atoms with E-state index in [9.17, 15) is 9.90 Å². The van der Waals surface area contributed by atoms with Crippen LogP contribution in [0.1, 0.15) is 10.4 Å². The van der Waals surface area contributed by atoms with Gasteiger partial charge in [-0.3, -0.25) is 0 Å². The van der Waals surface area contributed by atoms with Gasteiger partial charge in [-0.15, -0.1) is 0 Å². The third kappa shape index (κ3) is 1.81. The van der Waals surface area contributed by atoms with Crippen LogP contribution in [0.3, 0.4) is 0 Å². The predicted molar refractivity (Wildman–Crippen MR) is 86.6 cm³/mol. The molecule has 0 radical (unpaired) electrons. The molecular formula is C16H12N2O2S. The first kappa shape index (κ1) is 12.3. The fourth-order valence-corrected chi connectivity index (χ4v) is 3.76. The smallest absolute Gasteiger partial charge is 0.336 e. The zero-order valence-corrected chi connectivity index (χ0v) is 11.8. The molecule has 1 atom stereocenters. The average Bonchev–Trinajstić information content (AvgIpc) is 2.53. The molecule has 0 saturated heterocycles. The second-order valence-electron chi connectivity index (χ2n) is 4.95. The molecule has 4 rings (SSSR count). The molecule has 0 bridgehead atoms. The van der Waals surface area contributed by atoms with Crippen molar-refractivity contribution in [2.45, 2.75) is 5.25 Å². The molecule has 0 amide bonds. The number of carboxylic acid groups (broad SMARTS) is 1. The highest BCUT2D eigenvalue weighted by molar-refractivity contribution is 8.01. The Morgan fingerprint density at radius 2 is 2.14 bits per heavy atom. The van der Waals surface area contributed by atoms with Crippen molar-refractivity contribution in [3.63, 3.8) is 0 Å². The minimum Gasteiger partial charge on any atom is -0.478 e. The Hall–Kier alpha value is -2.40. The summed E-state index contributed by atoms with van der Waals surface area (Å²) in [4.78, 5) is 11.6. The molecule has 3 N–H and O–H groups in total. The number of nitrogens with one attached hydrogen (secondary N) is 2. The summed E-state index contributed by atoms with van der Waals surface area (Å²) in [6.45, 7) is 0. The normalized spacial score (nSPS) is 20.6. The van der Waals surface area contributed by atoms with Crippen LogP contribution in [-0.2, 0) is 0 Å². The molecule has 1 unspecified atom stereocenters. The van der Waals surface area contributed by atoms with Crippen LogP contribution in [0.25, 0.3) is 11.6 Å². The number of benzene rings is 1. The third-order valence-corrected chi connectivity index (χ3v) is 4.75. The van der Waals surface area contributed by atoms with Gasteiger partial charge in [0, 0.05) is 16.6 Å². The van der Waals surface area contributed by atoms with Crippen LogP contribution in [0.15, 0.2) is 42.6 Å². The van der Waals surface area contributed by atoms with Crippen molar-refractivity contribution >= 4 is 40.9 Å². The zero-order valence-electron chi connectivity index (χ0n) is 11.0. The lowest BCUT2D eigenvalue weighted by molar-refractivity contribution is 0.0695. The van der Waals surface area contributed by atoms with E-state index in [1.54, 1.807) is 18.0 Å². The average molecular weight is 296 g/mol. The molecule has 1 aliphatic carbocycles. The standard InChI is InChI=1S/C16H12N2O2S/c19-16(20)12-8-11-9-4-1-2-6-13(9)21-18-15(11)14-10(12)5-3-7-17-14/h1-8,13,17-18H,(H,19,20). The lowest BCUT2D eigenvalue weighted by atomic mass is 9.98. The molecule has 2 heterocycles. The van der Waals surface area contributed by atoms with E-state index >= 15 is 0 Å². The van der Waals surface area contributed by atoms with Crippen LogP contribution in [-0.4, -0.2) is 16.3 Å². The fraction of sp³-hybridized carbons (Fsp3) is 0.0625. The Kier molecular flexibility index (Phi) is 2.68. The first-order valence-corrected chi connectivity index (χ1v) is 7.48. The first-order chi connectivity index (χ1) is 10.3. The molecule has 104 valence electrons. The van der Waals surface area contributed by atoms with Gasteiger partial charge in [0.25, 0.3) is 0 Å². The Morgan fingerprint density at radius 1 is 1.24 bits per heavy atom. The molecule has 0 aromatic heterocycles. The van der Waals surface area contributed by atoms with Crippen molar-refractivity contribution in [2.75, 3.05) is 10.0 Å². The van der Waals surface area contributed by atoms with Gasteiger partial charge in [0.1, 0.15) is 0 Å². The fourth-order valence-electron chi connectivity index (χ4n) is 2.80. The lowest BCUT2D eigenvalue weighted by Gasteiger charge is -2.26. The molecule has 0 saturated carbocycles. The van der Waals surface area contributed by atoms with Gasteiger partial charge < -0.3 is 15.1 Å². The Labute approximate surface area is 125 Å². The number of aromatic carboxylic acids is 1. The number of anilines is 2. The number of rotatable bonds is 1. The van der Waals surface area contributed by atoms with Crippen LogP contribution in [0.4, 0.5) is 11.4 Å². The molecule has 21 heavy (non-hydrogen) atoms. The van der Waals surface area contributed by atoms with Crippen LogP contribution in [0, 0.1) is 0 Å². The van der Waals surface area contributed by atoms with E-state index in [0.29, 0.717) is 10.8 Å². The van der Waals surface area contributed by atoms with Crippen molar-refractivity contribution in [2.24, 2.45) is 0 Å². The lowest BCUT2D eigenvalue weighted by Crippen LogP contribution is -2.32. The van der Waals surface area contributed by atoms with Gasteiger partial charge in [-0.2, -0.15) is 0 Å². The number of hydrogen-bond donors (Lipinski definition) is 3. The van der Waals surface area contributed by atoms with E-state index < -0.39 is 5.97 Å². The molecule has 2 aliphatic heterocycles. The van der Waals surface area contributed by atoms with Gasteiger partial charge in [-0.25, -0.2) is 4.79 Å². The topological polar surface area (TPSA) is 61.4 Å². The minimum absolute atomic E-state index is 0.213. The third-order valence-electron chi connectivity index (χ3n) is 3.76. The molecule has 0 fully saturated rings. The van der Waals surface area contributed by atoms with E-state index in [-0.39, 0.29) is 5.25 Å². The SMILES string of the molecule is O=C(O)c1cc2c(c3c1=CC=CN3)NSC1C=CC=CC=21. The molecule has 3 aliphatic rings. The maximum absolute atomic E-state index is 11.6. The molecule has 4 nitrogen and oxygen atoms in total. The summed E-state index contributed by atoms with van der Waals surface area (Å²) in [6, 6.07) is 1.77. The summed E-state index contributed by atoms with van der Waals surface area (Å²) in [5.74, 6) is -0.909. The molecule has 5 heteroatoms. The molecule has 1 aromatic rings. The van der Waals surface area contributed by atoms with Crippen LogP contribution in [0.5, 0.6) is 0 Å². The van der Waals surface area contributed by atoms with Crippen molar-refractivity contribution in [3.05, 3.63) is 58.6 Å². The highest BCUT2D eigenvalue weighted by Gasteiger charge is 2.24. The number of hydrogen-bond acceptors (Lipinski definition) is 4. The summed E-state index contributed by atoms with van der Waals surface area (Å²) >= 11 is 1.63. The zero-order chi connectivity index (χ0) is 14.4. The Morgan fingerprint density at radius 3 is 3.00 bits per heavy atom. The maximum atomic E-state index is 11.6. The van der Waals surface area contributed by atoms with Gasteiger partial charge in [-0.05, 0) is 29.7 Å². The van der Waals surface area contributed by atoms with E-state index in [2.05, 4.69) is 22.2 Å². The van der Waals surface area contributed by atoms with Crippen molar-refractivity contribution < 1.29 is 9.90 Å².